The van der Waals surface area contributed by atoms with E-state index in [0.29, 0.717) is 19.3 Å². The molecule has 0 N–H and O–H groups in total. The van der Waals surface area contributed by atoms with Crippen molar-refractivity contribution in [2.45, 2.75) is 277 Å². The third-order valence-electron chi connectivity index (χ3n) is 11.2. The first-order chi connectivity index (χ1) is 28.5. The summed E-state index contributed by atoms with van der Waals surface area (Å²) >= 11 is 0. The lowest BCUT2D eigenvalue weighted by molar-refractivity contribution is -0.167. The van der Waals surface area contributed by atoms with Crippen molar-refractivity contribution in [3.05, 3.63) is 24.3 Å². The Kier molecular flexibility index (Phi) is 45.8. The van der Waals surface area contributed by atoms with Gasteiger partial charge in [-0.2, -0.15) is 0 Å². The van der Waals surface area contributed by atoms with Crippen LogP contribution in [0.25, 0.3) is 0 Å². The van der Waals surface area contributed by atoms with Crippen molar-refractivity contribution in [1.82, 2.24) is 0 Å². The summed E-state index contributed by atoms with van der Waals surface area (Å²) in [5.74, 6) is -0.882. The van der Waals surface area contributed by atoms with Gasteiger partial charge >= 0.3 is 17.9 Å². The summed E-state index contributed by atoms with van der Waals surface area (Å²) in [6, 6.07) is 0. The summed E-state index contributed by atoms with van der Waals surface area (Å²) in [4.78, 5) is 37.9. The molecule has 0 bridgehead atoms. The van der Waals surface area contributed by atoms with Gasteiger partial charge in [-0.3, -0.25) is 14.4 Å². The van der Waals surface area contributed by atoms with Gasteiger partial charge in [0.2, 0.25) is 0 Å². The SMILES string of the molecule is CCCCCC/C=C\CCCCCCCC(=O)OC(COC(=O)CCCCCCC/C=C\CCCCCCCCC)COC(=O)CCCCCCCCCCCCC. The van der Waals surface area contributed by atoms with Gasteiger partial charge in [0, 0.05) is 19.3 Å². The highest BCUT2D eigenvalue weighted by Crippen LogP contribution is 2.15. The molecule has 340 valence electrons. The molecule has 1 unspecified atom stereocenters. The normalized spacial score (nSPS) is 12.1. The fourth-order valence-electron chi connectivity index (χ4n) is 7.31. The van der Waals surface area contributed by atoms with Crippen LogP contribution in [-0.2, 0) is 28.6 Å². The fraction of sp³-hybridized carbons (Fsp3) is 0.865. The molecule has 0 rings (SSSR count). The number of hydrogen-bond acceptors (Lipinski definition) is 6. The van der Waals surface area contributed by atoms with E-state index in [1.54, 1.807) is 0 Å². The molecule has 0 aliphatic carbocycles. The largest absolute Gasteiger partial charge is 0.462 e. The Bertz CT molecular complexity index is 942. The Labute approximate surface area is 360 Å². The van der Waals surface area contributed by atoms with E-state index in [2.05, 4.69) is 45.1 Å². The summed E-state index contributed by atoms with van der Waals surface area (Å²) in [5, 5.41) is 0. The molecule has 0 radical (unpaired) electrons. The van der Waals surface area contributed by atoms with Gasteiger partial charge in [0.1, 0.15) is 13.2 Å². The average molecular weight is 817 g/mol. The Morgan fingerprint density at radius 1 is 0.328 bits per heavy atom. The van der Waals surface area contributed by atoms with Crippen molar-refractivity contribution in [2.24, 2.45) is 0 Å². The van der Waals surface area contributed by atoms with E-state index < -0.39 is 6.10 Å². The molecule has 6 heteroatoms. The number of ether oxygens (including phenoxy) is 3. The van der Waals surface area contributed by atoms with Gasteiger partial charge in [-0.15, -0.1) is 0 Å². The van der Waals surface area contributed by atoms with Crippen LogP contribution >= 0.6 is 0 Å². The van der Waals surface area contributed by atoms with Crippen LogP contribution in [-0.4, -0.2) is 37.2 Å². The molecule has 0 aromatic heterocycles. The number of carbonyl (C=O) groups excluding carboxylic acids is 3. The van der Waals surface area contributed by atoms with Gasteiger partial charge in [0.25, 0.3) is 0 Å². The summed E-state index contributed by atoms with van der Waals surface area (Å²) in [7, 11) is 0. The van der Waals surface area contributed by atoms with Crippen molar-refractivity contribution < 1.29 is 28.6 Å². The van der Waals surface area contributed by atoms with E-state index in [1.807, 2.05) is 0 Å². The van der Waals surface area contributed by atoms with Gasteiger partial charge in [-0.05, 0) is 70.6 Å². The molecular weight excluding hydrogens is 721 g/mol. The number of rotatable bonds is 46. The van der Waals surface area contributed by atoms with Crippen LogP contribution < -0.4 is 0 Å². The molecule has 0 fully saturated rings. The Hall–Kier alpha value is -2.11. The summed E-state index contributed by atoms with van der Waals surface area (Å²) in [6.07, 6.45) is 53.0. The van der Waals surface area contributed by atoms with Crippen LogP contribution in [0.5, 0.6) is 0 Å². The minimum atomic E-state index is -0.773. The van der Waals surface area contributed by atoms with Crippen molar-refractivity contribution in [3.8, 4) is 0 Å². The predicted octanol–water partition coefficient (Wildman–Crippen LogP) is 16.4. The van der Waals surface area contributed by atoms with Crippen molar-refractivity contribution in [3.63, 3.8) is 0 Å². The molecular formula is C52H96O6. The molecule has 0 aromatic carbocycles. The summed E-state index contributed by atoms with van der Waals surface area (Å²) < 4.78 is 16.8. The maximum absolute atomic E-state index is 12.7. The molecule has 1 atom stereocenters. The number of esters is 3. The van der Waals surface area contributed by atoms with Crippen LogP contribution in [0.15, 0.2) is 24.3 Å². The van der Waals surface area contributed by atoms with Gasteiger partial charge in [-0.25, -0.2) is 0 Å². The molecule has 0 spiro atoms. The van der Waals surface area contributed by atoms with Crippen LogP contribution in [0.1, 0.15) is 271 Å². The number of carbonyl (C=O) groups is 3. The second-order valence-corrected chi connectivity index (χ2v) is 17.1. The second kappa shape index (κ2) is 47.6. The van der Waals surface area contributed by atoms with Crippen LogP contribution in [0, 0.1) is 0 Å². The van der Waals surface area contributed by atoms with Crippen LogP contribution in [0.4, 0.5) is 0 Å². The zero-order valence-electron chi connectivity index (χ0n) is 38.8. The number of unbranched alkanes of at least 4 members (excludes halogenated alkanes) is 31. The topological polar surface area (TPSA) is 78.9 Å². The third-order valence-corrected chi connectivity index (χ3v) is 11.2. The predicted molar refractivity (Wildman–Crippen MR) is 247 cm³/mol. The lowest BCUT2D eigenvalue weighted by Crippen LogP contribution is -2.30. The molecule has 0 heterocycles. The zero-order chi connectivity index (χ0) is 42.3. The summed E-state index contributed by atoms with van der Waals surface area (Å²) in [5.41, 5.74) is 0. The fourth-order valence-corrected chi connectivity index (χ4v) is 7.31. The highest BCUT2D eigenvalue weighted by Gasteiger charge is 2.19. The molecule has 0 aromatic rings. The highest BCUT2D eigenvalue weighted by atomic mass is 16.6. The third kappa shape index (κ3) is 45.0. The monoisotopic (exact) mass is 817 g/mol. The standard InChI is InChI=1S/C52H96O6/c1-4-7-10-13-16-19-22-24-25-26-28-30-33-36-39-42-45-51(54)57-48-49(47-56-50(53)44-41-38-35-32-29-21-18-15-12-9-6-3)58-52(55)46-43-40-37-34-31-27-23-20-17-14-11-8-5-2/h20,23,25-26,49H,4-19,21-22,24,27-48H2,1-3H3/b23-20-,26-25-. The van der Waals surface area contributed by atoms with E-state index in [9.17, 15) is 14.4 Å². The minimum Gasteiger partial charge on any atom is -0.462 e. The van der Waals surface area contributed by atoms with Crippen LogP contribution in [0.2, 0.25) is 0 Å². The van der Waals surface area contributed by atoms with Crippen LogP contribution in [0.3, 0.4) is 0 Å². The Morgan fingerprint density at radius 2 is 0.569 bits per heavy atom. The zero-order valence-corrected chi connectivity index (χ0v) is 38.8. The van der Waals surface area contributed by atoms with E-state index in [1.165, 1.54) is 161 Å². The van der Waals surface area contributed by atoms with Gasteiger partial charge in [-0.1, -0.05) is 206 Å². The maximum atomic E-state index is 12.7. The summed E-state index contributed by atoms with van der Waals surface area (Å²) in [6.45, 7) is 6.62. The van der Waals surface area contributed by atoms with Gasteiger partial charge in [0.15, 0.2) is 6.10 Å². The molecule has 0 aliphatic heterocycles. The Morgan fingerprint density at radius 3 is 0.879 bits per heavy atom. The number of allylic oxidation sites excluding steroid dienone is 4. The van der Waals surface area contributed by atoms with Gasteiger partial charge < -0.3 is 14.2 Å². The smallest absolute Gasteiger partial charge is 0.306 e. The Balaban J connectivity index is 4.35. The van der Waals surface area contributed by atoms with Crippen molar-refractivity contribution in [1.29, 1.82) is 0 Å². The maximum Gasteiger partial charge on any atom is 0.306 e. The molecule has 0 amide bonds. The van der Waals surface area contributed by atoms with E-state index >= 15 is 0 Å². The molecule has 0 aliphatic rings. The minimum absolute atomic E-state index is 0.0739. The number of hydrogen-bond donors (Lipinski definition) is 0. The first kappa shape index (κ1) is 55.9. The van der Waals surface area contributed by atoms with E-state index in [-0.39, 0.29) is 31.1 Å². The molecule has 58 heavy (non-hydrogen) atoms. The van der Waals surface area contributed by atoms with Crippen molar-refractivity contribution in [2.75, 3.05) is 13.2 Å². The molecule has 0 saturated carbocycles. The lowest BCUT2D eigenvalue weighted by atomic mass is 10.1. The van der Waals surface area contributed by atoms with E-state index in [0.717, 1.165) is 70.6 Å². The highest BCUT2D eigenvalue weighted by molar-refractivity contribution is 5.71. The first-order valence-corrected chi connectivity index (χ1v) is 25.3. The first-order valence-electron chi connectivity index (χ1n) is 25.3. The molecule has 0 saturated heterocycles. The van der Waals surface area contributed by atoms with Crippen molar-refractivity contribution >= 4 is 17.9 Å². The second-order valence-electron chi connectivity index (χ2n) is 17.1. The molecule has 6 nitrogen and oxygen atoms in total. The lowest BCUT2D eigenvalue weighted by Gasteiger charge is -2.18. The average Bonchev–Trinajstić information content (AvgIpc) is 3.22. The van der Waals surface area contributed by atoms with E-state index in [4.69, 9.17) is 14.2 Å². The quantitative estimate of drug-likeness (QED) is 0.0263. The van der Waals surface area contributed by atoms with Gasteiger partial charge in [0.05, 0.1) is 0 Å².